The molecule has 4 heterocycles. The van der Waals surface area contributed by atoms with Gasteiger partial charge in [0.05, 0.1) is 5.41 Å². The van der Waals surface area contributed by atoms with Gasteiger partial charge in [0.25, 0.3) is 0 Å². The molecule has 0 aliphatic heterocycles. The van der Waals surface area contributed by atoms with Crippen LogP contribution in [0.1, 0.15) is 22.3 Å². The second kappa shape index (κ2) is 14.0. The summed E-state index contributed by atoms with van der Waals surface area (Å²) in [7, 11) is 0. The van der Waals surface area contributed by atoms with E-state index >= 15 is 0 Å². The van der Waals surface area contributed by atoms with Gasteiger partial charge in [-0.15, -0.1) is 11.3 Å². The van der Waals surface area contributed by atoms with Gasteiger partial charge < -0.3 is 8.83 Å². The number of furan rings is 2. The molecule has 0 amide bonds. The van der Waals surface area contributed by atoms with E-state index in [1.165, 1.54) is 64.7 Å². The quantitative estimate of drug-likeness (QED) is 0.176. The summed E-state index contributed by atoms with van der Waals surface area (Å²) in [6.45, 7) is 0. The Labute approximate surface area is 404 Å². The minimum atomic E-state index is -0.434. The molecule has 0 N–H and O–H groups in total. The van der Waals surface area contributed by atoms with Crippen molar-refractivity contribution >= 4 is 75.4 Å². The van der Waals surface area contributed by atoms with E-state index in [2.05, 4.69) is 170 Å². The summed E-state index contributed by atoms with van der Waals surface area (Å²) in [5, 5.41) is 6.34. The Morgan fingerprint density at radius 3 is 1.47 bits per heavy atom. The number of benzene rings is 10. The summed E-state index contributed by atoms with van der Waals surface area (Å²) in [5.74, 6) is 1.73. The Morgan fingerprint density at radius 1 is 0.300 bits per heavy atom. The van der Waals surface area contributed by atoms with E-state index in [0.29, 0.717) is 17.5 Å². The third-order valence-electron chi connectivity index (χ3n) is 15.0. The second-order valence-electron chi connectivity index (χ2n) is 18.5. The predicted molar refractivity (Wildman–Crippen MR) is 285 cm³/mol. The van der Waals surface area contributed by atoms with Crippen molar-refractivity contribution in [3.63, 3.8) is 0 Å². The highest BCUT2D eigenvalue weighted by molar-refractivity contribution is 7.25. The molecule has 2 aliphatic rings. The Hall–Kier alpha value is -8.97. The van der Waals surface area contributed by atoms with Gasteiger partial charge in [-0.05, 0) is 116 Å². The van der Waals surface area contributed by atoms with Crippen molar-refractivity contribution in [2.24, 2.45) is 0 Å². The molecule has 5 nitrogen and oxygen atoms in total. The number of para-hydroxylation sites is 1. The first kappa shape index (κ1) is 38.0. The molecular weight excluding hydrogens is 875 g/mol. The van der Waals surface area contributed by atoms with Crippen LogP contribution >= 0.6 is 11.3 Å². The Kier molecular flexibility index (Phi) is 7.63. The minimum absolute atomic E-state index is 0.434. The van der Waals surface area contributed by atoms with Gasteiger partial charge in [-0.2, -0.15) is 0 Å². The van der Waals surface area contributed by atoms with Crippen molar-refractivity contribution in [1.82, 2.24) is 15.0 Å². The Morgan fingerprint density at radius 2 is 0.771 bits per heavy atom. The van der Waals surface area contributed by atoms with Crippen molar-refractivity contribution in [1.29, 1.82) is 0 Å². The highest BCUT2D eigenvalue weighted by Crippen LogP contribution is 2.63. The van der Waals surface area contributed by atoms with Crippen molar-refractivity contribution in [2.45, 2.75) is 5.41 Å². The maximum Gasteiger partial charge on any atom is 0.164 e. The van der Waals surface area contributed by atoms with Crippen LogP contribution in [0.15, 0.2) is 221 Å². The zero-order valence-corrected chi connectivity index (χ0v) is 38.1. The monoisotopic (exact) mass is 909 g/mol. The topological polar surface area (TPSA) is 65.0 Å². The summed E-state index contributed by atoms with van der Waals surface area (Å²) in [5.41, 5.74) is 18.1. The molecule has 16 rings (SSSR count). The molecule has 0 bridgehead atoms. The van der Waals surface area contributed by atoms with E-state index in [1.54, 1.807) is 11.3 Å². The normalized spacial score (nSPS) is 13.3. The maximum absolute atomic E-state index is 6.70. The highest BCUT2D eigenvalue weighted by atomic mass is 32.1. The van der Waals surface area contributed by atoms with E-state index in [9.17, 15) is 0 Å². The molecule has 0 unspecified atom stereocenters. The predicted octanol–water partition coefficient (Wildman–Crippen LogP) is 17.0. The first-order valence-corrected chi connectivity index (χ1v) is 24.5. The number of thiophene rings is 1. The van der Waals surface area contributed by atoms with Crippen LogP contribution in [0.25, 0.3) is 132 Å². The van der Waals surface area contributed by atoms with Crippen LogP contribution in [0.5, 0.6) is 0 Å². The van der Waals surface area contributed by atoms with Crippen LogP contribution in [0.3, 0.4) is 0 Å². The molecule has 0 saturated heterocycles. The molecule has 0 radical (unpaired) electrons. The van der Waals surface area contributed by atoms with Crippen LogP contribution in [0.2, 0.25) is 0 Å². The molecule has 4 aromatic heterocycles. The number of fused-ring (bicyclic) bond motifs is 19. The Balaban J connectivity index is 0.908. The van der Waals surface area contributed by atoms with E-state index in [4.69, 9.17) is 23.8 Å². The fourth-order valence-electron chi connectivity index (χ4n) is 12.0. The minimum Gasteiger partial charge on any atom is -0.456 e. The van der Waals surface area contributed by atoms with Gasteiger partial charge in [0.1, 0.15) is 22.3 Å². The SMILES string of the molecule is c1ccc2c(c1)-c1ccccc1C21c2ccccc2-c2ccc(-c3ccc4oc5cccc(-c6nc(-c7ccc8sc9ccccc9c8c7)nc(-c7cccc8oc9ccccc9c78)n6)c5c4c3)cc21. The molecule has 1 spiro atoms. The average Bonchev–Trinajstić information content (AvgIpc) is 4.23. The highest BCUT2D eigenvalue weighted by Gasteiger charge is 2.51. The van der Waals surface area contributed by atoms with E-state index in [-0.39, 0.29) is 0 Å². The molecule has 70 heavy (non-hydrogen) atoms. The van der Waals surface area contributed by atoms with Gasteiger partial charge in [0.15, 0.2) is 17.5 Å². The van der Waals surface area contributed by atoms with Crippen LogP contribution in [-0.2, 0) is 5.41 Å². The summed E-state index contributed by atoms with van der Waals surface area (Å²) in [6, 6.07) is 76.2. The smallest absolute Gasteiger partial charge is 0.164 e. The summed E-state index contributed by atoms with van der Waals surface area (Å²) in [6.07, 6.45) is 0. The number of hydrogen-bond donors (Lipinski definition) is 0. The van der Waals surface area contributed by atoms with E-state index < -0.39 is 5.41 Å². The fraction of sp³-hybridized carbons (Fsp3) is 0.0156. The molecule has 6 heteroatoms. The number of hydrogen-bond acceptors (Lipinski definition) is 6. The van der Waals surface area contributed by atoms with Crippen molar-refractivity contribution < 1.29 is 8.83 Å². The summed E-state index contributed by atoms with van der Waals surface area (Å²) < 4.78 is 15.6. The molecule has 14 aromatic rings. The lowest BCUT2D eigenvalue weighted by molar-refractivity contribution is 0.668. The lowest BCUT2D eigenvalue weighted by Crippen LogP contribution is -2.25. The largest absolute Gasteiger partial charge is 0.456 e. The van der Waals surface area contributed by atoms with Crippen LogP contribution in [0, 0.1) is 0 Å². The van der Waals surface area contributed by atoms with Crippen molar-refractivity contribution in [3.05, 3.63) is 235 Å². The lowest BCUT2D eigenvalue weighted by atomic mass is 9.70. The average molecular weight is 910 g/mol. The molecule has 0 saturated carbocycles. The molecule has 0 fully saturated rings. The third kappa shape index (κ3) is 5.12. The zero-order valence-electron chi connectivity index (χ0n) is 37.3. The van der Waals surface area contributed by atoms with Gasteiger partial charge >= 0.3 is 0 Å². The molecule has 324 valence electrons. The summed E-state index contributed by atoms with van der Waals surface area (Å²) in [4.78, 5) is 16.1. The standard InChI is InChI=1S/C64H35N3O2S/c1-6-20-49-39(13-1)40-14-2-7-21-50(40)64(49)51-22-8-3-15-41(51)42-30-27-37(35-52(42)64)36-28-31-54-48(33-36)60-46(19-12-25-56(60)69-54)63-66-61(38-29-32-58-47(34-38)43-16-5-10-26-57(43)70-58)65-62(67-63)45-18-11-24-55-59(45)44-17-4-9-23-53(44)68-55/h1-35H. The second-order valence-corrected chi connectivity index (χ2v) is 19.6. The van der Waals surface area contributed by atoms with E-state index in [1.807, 2.05) is 42.5 Å². The molecule has 10 aromatic carbocycles. The van der Waals surface area contributed by atoms with Gasteiger partial charge in [-0.1, -0.05) is 152 Å². The van der Waals surface area contributed by atoms with Crippen LogP contribution < -0.4 is 0 Å². The number of aromatic nitrogens is 3. The fourth-order valence-corrected chi connectivity index (χ4v) is 13.1. The first-order chi connectivity index (χ1) is 34.7. The summed E-state index contributed by atoms with van der Waals surface area (Å²) >= 11 is 1.80. The van der Waals surface area contributed by atoms with Crippen molar-refractivity contribution in [3.8, 4) is 67.5 Å². The first-order valence-electron chi connectivity index (χ1n) is 23.7. The number of nitrogens with zero attached hydrogens (tertiary/aromatic N) is 3. The molecular formula is C64H35N3O2S. The lowest BCUT2D eigenvalue weighted by Gasteiger charge is -2.30. The zero-order chi connectivity index (χ0) is 45.7. The van der Waals surface area contributed by atoms with Gasteiger partial charge in [0, 0.05) is 58.4 Å². The van der Waals surface area contributed by atoms with Gasteiger partial charge in [-0.25, -0.2) is 15.0 Å². The third-order valence-corrected chi connectivity index (χ3v) is 16.1. The van der Waals surface area contributed by atoms with Crippen LogP contribution in [-0.4, -0.2) is 15.0 Å². The Bertz CT molecular complexity index is 4510. The van der Waals surface area contributed by atoms with E-state index in [0.717, 1.165) is 71.7 Å². The van der Waals surface area contributed by atoms with Crippen LogP contribution in [0.4, 0.5) is 0 Å². The maximum atomic E-state index is 6.70. The van der Waals surface area contributed by atoms with Gasteiger partial charge in [-0.3, -0.25) is 0 Å². The molecule has 2 aliphatic carbocycles. The number of rotatable bonds is 4. The van der Waals surface area contributed by atoms with Crippen molar-refractivity contribution in [2.75, 3.05) is 0 Å². The molecule has 0 atom stereocenters. The van der Waals surface area contributed by atoms with Gasteiger partial charge in [0.2, 0.25) is 0 Å².